The SMILES string of the molecule is COc1cc(NC(=O)[C@H]2CN(S(=O)(=O)Cc3ccccc3)c3ccccc3O2)c(OC)cc1Cl. The van der Waals surface area contributed by atoms with Gasteiger partial charge in [-0.25, -0.2) is 8.42 Å². The molecule has 10 heteroatoms. The van der Waals surface area contributed by atoms with Crippen LogP contribution in [0.3, 0.4) is 0 Å². The van der Waals surface area contributed by atoms with Crippen LogP contribution in [0.2, 0.25) is 5.02 Å². The van der Waals surface area contributed by atoms with Gasteiger partial charge in [-0.3, -0.25) is 9.10 Å². The maximum absolute atomic E-state index is 13.4. The summed E-state index contributed by atoms with van der Waals surface area (Å²) in [5.41, 5.74) is 1.34. The van der Waals surface area contributed by atoms with Crippen molar-refractivity contribution in [3.05, 3.63) is 77.3 Å². The van der Waals surface area contributed by atoms with Gasteiger partial charge in [-0.15, -0.1) is 0 Å². The van der Waals surface area contributed by atoms with Gasteiger partial charge in [-0.1, -0.05) is 54.1 Å². The van der Waals surface area contributed by atoms with Gasteiger partial charge in [0.1, 0.15) is 17.2 Å². The predicted molar refractivity (Wildman–Crippen MR) is 130 cm³/mol. The lowest BCUT2D eigenvalue weighted by atomic mass is 10.2. The van der Waals surface area contributed by atoms with Crippen LogP contribution in [0.5, 0.6) is 17.2 Å². The Morgan fingerprint density at radius 2 is 1.74 bits per heavy atom. The van der Waals surface area contributed by atoms with Crippen LogP contribution in [-0.2, 0) is 20.6 Å². The second-order valence-electron chi connectivity index (χ2n) is 7.52. The number of amides is 1. The number of hydrogen-bond acceptors (Lipinski definition) is 6. The summed E-state index contributed by atoms with van der Waals surface area (Å²) >= 11 is 6.14. The van der Waals surface area contributed by atoms with Gasteiger partial charge < -0.3 is 19.5 Å². The molecule has 1 N–H and O–H groups in total. The van der Waals surface area contributed by atoms with Crippen LogP contribution in [0.1, 0.15) is 5.56 Å². The monoisotopic (exact) mass is 502 g/mol. The highest BCUT2D eigenvalue weighted by molar-refractivity contribution is 7.92. The first-order valence-electron chi connectivity index (χ1n) is 10.3. The lowest BCUT2D eigenvalue weighted by Crippen LogP contribution is -2.49. The molecule has 0 fully saturated rings. The number of rotatable bonds is 7. The van der Waals surface area contributed by atoms with E-state index in [2.05, 4.69) is 5.32 Å². The lowest BCUT2D eigenvalue weighted by molar-refractivity contribution is -0.122. The molecule has 1 aliphatic rings. The largest absolute Gasteiger partial charge is 0.495 e. The van der Waals surface area contributed by atoms with E-state index < -0.39 is 22.0 Å². The third-order valence-electron chi connectivity index (χ3n) is 5.29. The molecular formula is C24H23ClN2O6S. The molecule has 0 aliphatic carbocycles. The first-order chi connectivity index (χ1) is 16.3. The van der Waals surface area contributed by atoms with E-state index in [9.17, 15) is 13.2 Å². The summed E-state index contributed by atoms with van der Waals surface area (Å²) in [5, 5.41) is 3.05. The Morgan fingerprint density at radius 3 is 2.44 bits per heavy atom. The summed E-state index contributed by atoms with van der Waals surface area (Å²) < 4.78 is 44.3. The molecule has 3 aromatic rings. The summed E-state index contributed by atoms with van der Waals surface area (Å²) in [6.45, 7) is -0.189. The molecule has 0 unspecified atom stereocenters. The van der Waals surface area contributed by atoms with Crippen LogP contribution < -0.4 is 23.8 Å². The fraction of sp³-hybridized carbons (Fsp3) is 0.208. The number of para-hydroxylation sites is 2. The lowest BCUT2D eigenvalue weighted by Gasteiger charge is -2.34. The van der Waals surface area contributed by atoms with E-state index >= 15 is 0 Å². The molecule has 0 spiro atoms. The third-order valence-corrected chi connectivity index (χ3v) is 7.30. The Morgan fingerprint density at radius 1 is 1.06 bits per heavy atom. The van der Waals surface area contributed by atoms with Crippen molar-refractivity contribution in [2.45, 2.75) is 11.9 Å². The van der Waals surface area contributed by atoms with Crippen molar-refractivity contribution in [1.82, 2.24) is 0 Å². The Labute approximate surface area is 203 Å². The van der Waals surface area contributed by atoms with Crippen molar-refractivity contribution < 1.29 is 27.4 Å². The highest BCUT2D eigenvalue weighted by Gasteiger charge is 2.37. The number of methoxy groups -OCH3 is 2. The molecular weight excluding hydrogens is 480 g/mol. The van der Waals surface area contributed by atoms with E-state index in [1.54, 1.807) is 48.5 Å². The van der Waals surface area contributed by atoms with E-state index in [-0.39, 0.29) is 12.3 Å². The summed E-state index contributed by atoms with van der Waals surface area (Å²) in [7, 11) is -0.909. The molecule has 8 nitrogen and oxygen atoms in total. The highest BCUT2D eigenvalue weighted by atomic mass is 35.5. The fourth-order valence-electron chi connectivity index (χ4n) is 3.64. The zero-order valence-electron chi connectivity index (χ0n) is 18.5. The van der Waals surface area contributed by atoms with Crippen LogP contribution in [0.15, 0.2) is 66.7 Å². The predicted octanol–water partition coefficient (Wildman–Crippen LogP) is 4.09. The third kappa shape index (κ3) is 4.90. The van der Waals surface area contributed by atoms with Gasteiger partial charge in [0, 0.05) is 12.1 Å². The van der Waals surface area contributed by atoms with Crippen molar-refractivity contribution in [2.24, 2.45) is 0 Å². The quantitative estimate of drug-likeness (QED) is 0.523. The molecule has 0 bridgehead atoms. The van der Waals surface area contributed by atoms with Gasteiger partial charge in [0.15, 0.2) is 6.10 Å². The fourth-order valence-corrected chi connectivity index (χ4v) is 5.45. The van der Waals surface area contributed by atoms with Crippen LogP contribution in [0, 0.1) is 0 Å². The van der Waals surface area contributed by atoms with Crippen LogP contribution >= 0.6 is 11.6 Å². The number of nitrogens with zero attached hydrogens (tertiary/aromatic N) is 1. The van der Waals surface area contributed by atoms with E-state index in [0.29, 0.717) is 39.2 Å². The Bertz CT molecular complexity index is 1300. The number of ether oxygens (including phenoxy) is 3. The number of sulfonamides is 1. The molecule has 0 saturated carbocycles. The second kappa shape index (κ2) is 9.82. The molecule has 0 aromatic heterocycles. The van der Waals surface area contributed by atoms with Crippen molar-refractivity contribution in [2.75, 3.05) is 30.4 Å². The van der Waals surface area contributed by atoms with Crippen molar-refractivity contribution in [1.29, 1.82) is 0 Å². The number of hydrogen-bond donors (Lipinski definition) is 1. The molecule has 1 aliphatic heterocycles. The Hall–Kier alpha value is -3.43. The minimum atomic E-state index is -3.81. The van der Waals surface area contributed by atoms with Crippen LogP contribution in [0.4, 0.5) is 11.4 Å². The number of carbonyl (C=O) groups is 1. The first-order valence-corrected chi connectivity index (χ1v) is 12.3. The number of fused-ring (bicyclic) bond motifs is 1. The van der Waals surface area contributed by atoms with Crippen LogP contribution in [0.25, 0.3) is 0 Å². The van der Waals surface area contributed by atoms with Crippen molar-refractivity contribution in [3.8, 4) is 17.2 Å². The first kappa shape index (κ1) is 23.7. The molecule has 0 radical (unpaired) electrons. The molecule has 0 saturated heterocycles. The van der Waals surface area contributed by atoms with Crippen molar-refractivity contribution in [3.63, 3.8) is 0 Å². The number of halogens is 1. The molecule has 1 atom stereocenters. The highest BCUT2D eigenvalue weighted by Crippen LogP contribution is 2.38. The Kier molecular flexibility index (Phi) is 6.85. The van der Waals surface area contributed by atoms with Crippen molar-refractivity contribution >= 4 is 38.9 Å². The van der Waals surface area contributed by atoms with Gasteiger partial charge in [0.25, 0.3) is 5.91 Å². The molecule has 4 rings (SSSR count). The zero-order chi connectivity index (χ0) is 24.3. The summed E-state index contributed by atoms with van der Waals surface area (Å²) in [4.78, 5) is 13.2. The number of nitrogens with one attached hydrogen (secondary N) is 1. The van der Waals surface area contributed by atoms with Gasteiger partial charge in [0.05, 0.1) is 42.9 Å². The number of anilines is 2. The van der Waals surface area contributed by atoms with Gasteiger partial charge in [-0.2, -0.15) is 0 Å². The second-order valence-corrected chi connectivity index (χ2v) is 9.82. The topological polar surface area (TPSA) is 94.2 Å². The minimum absolute atomic E-state index is 0.189. The molecule has 178 valence electrons. The zero-order valence-corrected chi connectivity index (χ0v) is 20.1. The normalized spacial score (nSPS) is 15.1. The average Bonchev–Trinajstić information content (AvgIpc) is 2.84. The molecule has 34 heavy (non-hydrogen) atoms. The standard InChI is InChI=1S/C24H23ClN2O6S/c1-31-21-13-18(22(32-2)12-17(21)25)26-24(28)23-14-27(19-10-6-7-11-20(19)33-23)34(29,30)15-16-8-4-3-5-9-16/h3-13,23H,14-15H2,1-2H3,(H,26,28)/t23-/m1/s1. The van der Waals surface area contributed by atoms with Gasteiger partial charge in [0.2, 0.25) is 10.0 Å². The van der Waals surface area contributed by atoms with E-state index in [4.69, 9.17) is 25.8 Å². The van der Waals surface area contributed by atoms with Gasteiger partial charge in [-0.05, 0) is 17.7 Å². The maximum atomic E-state index is 13.4. The van der Waals surface area contributed by atoms with Gasteiger partial charge >= 0.3 is 0 Å². The molecule has 1 amide bonds. The van der Waals surface area contributed by atoms with E-state index in [1.807, 2.05) is 6.07 Å². The molecule has 1 heterocycles. The minimum Gasteiger partial charge on any atom is -0.495 e. The Balaban J connectivity index is 1.63. The van der Waals surface area contributed by atoms with E-state index in [0.717, 1.165) is 0 Å². The maximum Gasteiger partial charge on any atom is 0.267 e. The average molecular weight is 503 g/mol. The summed E-state index contributed by atoms with van der Waals surface area (Å²) in [5.74, 6) is 0.213. The number of carbonyl (C=O) groups excluding carboxylic acids is 1. The molecule has 3 aromatic carbocycles. The van der Waals surface area contributed by atoms with E-state index in [1.165, 1.54) is 30.7 Å². The smallest absolute Gasteiger partial charge is 0.267 e. The number of benzene rings is 3. The van der Waals surface area contributed by atoms with Crippen LogP contribution in [-0.4, -0.2) is 41.2 Å². The summed E-state index contributed by atoms with van der Waals surface area (Å²) in [6.07, 6.45) is -1.10. The summed E-state index contributed by atoms with van der Waals surface area (Å²) in [6, 6.07) is 18.6.